The van der Waals surface area contributed by atoms with E-state index in [1.165, 1.54) is 19.3 Å². The minimum atomic E-state index is -1.27. The molecule has 0 radical (unpaired) electrons. The van der Waals surface area contributed by atoms with Gasteiger partial charge in [-0.1, -0.05) is 36.4 Å². The Morgan fingerprint density at radius 2 is 1.68 bits per heavy atom. The summed E-state index contributed by atoms with van der Waals surface area (Å²) in [5, 5.41) is 17.7. The molecule has 0 aliphatic carbocycles. The summed E-state index contributed by atoms with van der Waals surface area (Å²) in [5.41, 5.74) is 0.440. The Hall–Kier alpha value is -2.96. The van der Waals surface area contributed by atoms with Crippen molar-refractivity contribution in [2.45, 2.75) is 6.04 Å². The van der Waals surface area contributed by atoms with Crippen molar-refractivity contribution >= 4 is 12.1 Å². The van der Waals surface area contributed by atoms with Gasteiger partial charge in [0.25, 0.3) is 0 Å². The molecule has 0 aliphatic rings. The normalized spacial score (nSPS) is 10.8. The van der Waals surface area contributed by atoms with Gasteiger partial charge in [-0.15, -0.1) is 0 Å². The number of nitrogens with zero attached hydrogens (tertiary/aromatic N) is 2. The predicted octanol–water partition coefficient (Wildman–Crippen LogP) is 2.64. The van der Waals surface area contributed by atoms with Crippen LogP contribution in [0.25, 0.3) is 0 Å². The first kappa shape index (κ1) is 17.1. The number of carboxylic acid groups (broad SMARTS) is 2. The zero-order valence-corrected chi connectivity index (χ0v) is 11.8. The molecular weight excluding hydrogens is 291 g/mol. The van der Waals surface area contributed by atoms with Crippen molar-refractivity contribution in [3.63, 3.8) is 0 Å². The molecule has 1 amide bonds. The molecule has 0 bridgehead atoms. The van der Waals surface area contributed by atoms with Crippen LogP contribution in [0.3, 0.4) is 0 Å². The Morgan fingerprint density at radius 3 is 2.05 bits per heavy atom. The van der Waals surface area contributed by atoms with E-state index in [1.54, 1.807) is 42.5 Å². The van der Waals surface area contributed by atoms with Gasteiger partial charge in [0, 0.05) is 13.2 Å². The van der Waals surface area contributed by atoms with Crippen LogP contribution in [0.1, 0.15) is 11.6 Å². The number of hydrogen-bond donors (Lipinski definition) is 2. The smallest absolute Gasteiger partial charge is 0.408 e. The lowest BCUT2D eigenvalue weighted by atomic mass is 10.1. The number of carboxylic acids is 1. The maximum absolute atomic E-state index is 11.8. The number of likely N-dealkylation sites (N-methyl/N-ethyl adjacent to an activating group) is 1. The molecule has 0 fully saturated rings. The Morgan fingerprint density at radius 1 is 1.09 bits per heavy atom. The highest BCUT2D eigenvalue weighted by Crippen LogP contribution is 2.19. The number of carbonyl (C=O) groups is 2. The fourth-order valence-corrected chi connectivity index (χ4v) is 1.62. The second-order valence-electron chi connectivity index (χ2n) is 4.20. The topological polar surface area (TPSA) is 90.7 Å². The summed E-state index contributed by atoms with van der Waals surface area (Å²) in [7, 11) is 1.23. The second kappa shape index (κ2) is 8.35. The van der Waals surface area contributed by atoms with Gasteiger partial charge in [-0.25, -0.2) is 14.6 Å². The van der Waals surface area contributed by atoms with E-state index in [0.717, 1.165) is 4.90 Å². The molecule has 2 N–H and O–H groups in total. The number of rotatable bonds is 3. The lowest BCUT2D eigenvalue weighted by Crippen LogP contribution is -2.34. The molecule has 1 unspecified atom stereocenters. The van der Waals surface area contributed by atoms with E-state index in [4.69, 9.17) is 10.2 Å². The summed E-state index contributed by atoms with van der Waals surface area (Å²) in [4.78, 5) is 25.7. The summed E-state index contributed by atoms with van der Waals surface area (Å²) in [5.74, 6) is -1.62. The first-order valence-corrected chi connectivity index (χ1v) is 6.23. The van der Waals surface area contributed by atoms with Crippen LogP contribution < -0.4 is 0 Å². The van der Waals surface area contributed by atoms with Gasteiger partial charge in [-0.2, -0.15) is 4.39 Å². The van der Waals surface area contributed by atoms with Crippen molar-refractivity contribution in [1.82, 2.24) is 9.88 Å². The second-order valence-corrected chi connectivity index (χ2v) is 4.20. The molecular formula is C15H15FN2O4. The number of pyridine rings is 1. The van der Waals surface area contributed by atoms with E-state index in [9.17, 15) is 14.0 Å². The molecule has 22 heavy (non-hydrogen) atoms. The number of hydrogen-bond acceptors (Lipinski definition) is 3. The van der Waals surface area contributed by atoms with Gasteiger partial charge in [-0.05, 0) is 17.7 Å². The fourth-order valence-electron chi connectivity index (χ4n) is 1.62. The van der Waals surface area contributed by atoms with Crippen LogP contribution >= 0.6 is 0 Å². The Balaban J connectivity index is 0.000000287. The molecule has 0 aliphatic heterocycles. The SMILES string of the molecule is CN(C(=O)O)C(C(=O)O)c1ccccc1.Fc1ccccn1. The number of aromatic nitrogens is 1. The van der Waals surface area contributed by atoms with E-state index in [-0.39, 0.29) is 0 Å². The lowest BCUT2D eigenvalue weighted by Gasteiger charge is -2.21. The molecule has 116 valence electrons. The summed E-state index contributed by atoms with van der Waals surface area (Å²) >= 11 is 0. The van der Waals surface area contributed by atoms with Crippen LogP contribution in [0.5, 0.6) is 0 Å². The molecule has 6 nitrogen and oxygen atoms in total. The van der Waals surface area contributed by atoms with Crippen LogP contribution in [0.15, 0.2) is 54.7 Å². The molecule has 0 spiro atoms. The van der Waals surface area contributed by atoms with Crippen LogP contribution in [0.4, 0.5) is 9.18 Å². The van der Waals surface area contributed by atoms with Crippen molar-refractivity contribution in [1.29, 1.82) is 0 Å². The molecule has 1 atom stereocenters. The number of aliphatic carboxylic acids is 1. The summed E-state index contributed by atoms with van der Waals surface area (Å²) in [6, 6.07) is 11.6. The molecule has 1 aromatic carbocycles. The Labute approximate surface area is 126 Å². The first-order chi connectivity index (χ1) is 10.4. The number of benzene rings is 1. The van der Waals surface area contributed by atoms with Crippen molar-refractivity contribution < 1.29 is 24.2 Å². The maximum Gasteiger partial charge on any atom is 0.408 e. The Kier molecular flexibility index (Phi) is 6.49. The van der Waals surface area contributed by atoms with Gasteiger partial charge >= 0.3 is 12.1 Å². The van der Waals surface area contributed by atoms with Crippen molar-refractivity contribution in [2.24, 2.45) is 0 Å². The zero-order valence-electron chi connectivity index (χ0n) is 11.8. The van der Waals surface area contributed by atoms with E-state index in [2.05, 4.69) is 4.98 Å². The van der Waals surface area contributed by atoms with Gasteiger partial charge in [0.05, 0.1) is 0 Å². The van der Waals surface area contributed by atoms with E-state index >= 15 is 0 Å². The van der Waals surface area contributed by atoms with E-state index in [0.29, 0.717) is 5.56 Å². The van der Waals surface area contributed by atoms with Crippen LogP contribution in [0.2, 0.25) is 0 Å². The minimum Gasteiger partial charge on any atom is -0.479 e. The molecule has 1 heterocycles. The van der Waals surface area contributed by atoms with Crippen molar-refractivity contribution in [2.75, 3.05) is 7.05 Å². The van der Waals surface area contributed by atoms with Gasteiger partial charge in [0.2, 0.25) is 5.95 Å². The van der Waals surface area contributed by atoms with Gasteiger partial charge in [-0.3, -0.25) is 4.90 Å². The van der Waals surface area contributed by atoms with Crippen molar-refractivity contribution in [3.8, 4) is 0 Å². The summed E-state index contributed by atoms with van der Waals surface area (Å²) in [6.07, 6.45) is 0.140. The van der Waals surface area contributed by atoms with Crippen LogP contribution in [0, 0.1) is 5.95 Å². The van der Waals surface area contributed by atoms with Crippen molar-refractivity contribution in [3.05, 3.63) is 66.2 Å². The molecule has 1 aromatic heterocycles. The fraction of sp³-hybridized carbons (Fsp3) is 0.133. The highest BCUT2D eigenvalue weighted by atomic mass is 19.1. The molecule has 0 saturated carbocycles. The predicted molar refractivity (Wildman–Crippen MR) is 76.8 cm³/mol. The third kappa shape index (κ3) is 5.20. The number of halogens is 1. The lowest BCUT2D eigenvalue weighted by molar-refractivity contribution is -0.142. The highest BCUT2D eigenvalue weighted by molar-refractivity contribution is 5.80. The summed E-state index contributed by atoms with van der Waals surface area (Å²) < 4.78 is 11.8. The number of amides is 1. The third-order valence-electron chi connectivity index (χ3n) is 2.67. The maximum atomic E-state index is 11.8. The molecule has 2 rings (SSSR count). The van der Waals surface area contributed by atoms with Crippen LogP contribution in [-0.4, -0.2) is 39.2 Å². The third-order valence-corrected chi connectivity index (χ3v) is 2.67. The Bertz CT molecular complexity index is 607. The monoisotopic (exact) mass is 306 g/mol. The van der Waals surface area contributed by atoms with Gasteiger partial charge in [0.1, 0.15) is 0 Å². The molecule has 0 saturated heterocycles. The standard InChI is InChI=1S/C10H11NO4.C5H4FN/c1-11(10(14)15)8(9(12)13)7-5-3-2-4-6-7;6-5-3-1-2-4-7-5/h2-6,8H,1H3,(H,12,13)(H,14,15);1-4H. The molecule has 7 heteroatoms. The minimum absolute atomic E-state index is 0.428. The first-order valence-electron chi connectivity index (χ1n) is 6.23. The molecule has 2 aromatic rings. The highest BCUT2D eigenvalue weighted by Gasteiger charge is 2.27. The average Bonchev–Trinajstić information content (AvgIpc) is 2.49. The van der Waals surface area contributed by atoms with E-state index < -0.39 is 24.1 Å². The quantitative estimate of drug-likeness (QED) is 0.851. The summed E-state index contributed by atoms with van der Waals surface area (Å²) in [6.45, 7) is 0. The van der Waals surface area contributed by atoms with Crippen LogP contribution in [-0.2, 0) is 4.79 Å². The van der Waals surface area contributed by atoms with Gasteiger partial charge in [0.15, 0.2) is 6.04 Å². The van der Waals surface area contributed by atoms with E-state index in [1.807, 2.05) is 0 Å². The average molecular weight is 306 g/mol. The zero-order chi connectivity index (χ0) is 16.5. The largest absolute Gasteiger partial charge is 0.479 e. The van der Waals surface area contributed by atoms with Gasteiger partial charge < -0.3 is 10.2 Å².